The number of benzene rings is 3. The first-order chi connectivity index (χ1) is 25.1. The predicted molar refractivity (Wildman–Crippen MR) is 202 cm³/mol. The molecular weight excluding hydrogens is 656 g/mol. The lowest BCUT2D eigenvalue weighted by Gasteiger charge is -2.50. The van der Waals surface area contributed by atoms with Crippen molar-refractivity contribution < 1.29 is 19.5 Å². The maximum atomic E-state index is 14.3. The van der Waals surface area contributed by atoms with Crippen LogP contribution >= 0.6 is 0 Å². The number of carbonyl (C=O) groups is 3. The zero-order valence-corrected chi connectivity index (χ0v) is 30.2. The Hall–Kier alpha value is -5.17. The minimum Gasteiger partial charge on any atom is -0.508 e. The van der Waals surface area contributed by atoms with Crippen LogP contribution in [0.4, 0.5) is 10.5 Å². The number of phenolic OH excluding ortho intramolecular Hbond substituents is 1. The molecule has 3 fully saturated rings. The number of amides is 4. The lowest BCUT2D eigenvalue weighted by molar-refractivity contribution is -0.168. The Bertz CT molecular complexity index is 1950. The van der Waals surface area contributed by atoms with Crippen molar-refractivity contribution in [2.75, 3.05) is 52.1 Å². The number of hydrazine groups is 1. The number of nitrogens with zero attached hydrogens (tertiary/aromatic N) is 6. The number of aromatic nitrogens is 1. The Labute approximate surface area is 304 Å². The molecule has 3 saturated heterocycles. The van der Waals surface area contributed by atoms with Crippen LogP contribution in [0.15, 0.2) is 85.6 Å². The molecule has 1 aromatic heterocycles. The Balaban J connectivity index is 1.11. The van der Waals surface area contributed by atoms with Gasteiger partial charge in [-0.05, 0) is 67.9 Å². The van der Waals surface area contributed by atoms with E-state index in [2.05, 4.69) is 59.2 Å². The highest BCUT2D eigenvalue weighted by Gasteiger charge is 2.46. The molecule has 3 N–H and O–H groups in total. The van der Waals surface area contributed by atoms with Gasteiger partial charge >= 0.3 is 6.03 Å². The average molecular weight is 705 g/mol. The number of carbonyl (C=O) groups excluding carboxylic acids is 3. The fourth-order valence-corrected chi connectivity index (χ4v) is 7.98. The Morgan fingerprint density at radius 2 is 1.77 bits per heavy atom. The molecule has 3 aliphatic heterocycles. The van der Waals surface area contributed by atoms with E-state index in [1.807, 2.05) is 52.2 Å². The van der Waals surface area contributed by atoms with Crippen LogP contribution in [0.3, 0.4) is 0 Å². The molecular formula is C40H48N8O4. The zero-order chi connectivity index (χ0) is 36.5. The van der Waals surface area contributed by atoms with Crippen LogP contribution in [0.1, 0.15) is 24.0 Å². The largest absolute Gasteiger partial charge is 0.508 e. The summed E-state index contributed by atoms with van der Waals surface area (Å²) in [5.74, 6) is -0.0623. The number of urea groups is 1. The minimum atomic E-state index is -0.693. The molecule has 0 spiro atoms. The fourth-order valence-electron chi connectivity index (χ4n) is 7.98. The van der Waals surface area contributed by atoms with E-state index in [4.69, 9.17) is 0 Å². The van der Waals surface area contributed by atoms with Gasteiger partial charge in [-0.3, -0.25) is 9.59 Å². The lowest BCUT2D eigenvalue weighted by Crippen LogP contribution is -2.74. The van der Waals surface area contributed by atoms with Gasteiger partial charge in [-0.25, -0.2) is 15.2 Å². The van der Waals surface area contributed by atoms with Crippen molar-refractivity contribution in [3.05, 3.63) is 96.7 Å². The summed E-state index contributed by atoms with van der Waals surface area (Å²) in [6.07, 6.45) is 5.75. The standard InChI is InChI=1S/C40H48N8O4/c1-5-19-47-26-37(50)48-35(22-27-9-15-32(49)16-10-27)39(51)46(25-36(48)42-47)23-29-7-6-8-33-34(24-44(4)38(29)33)28-11-13-30(14-12-28)41-40(52)45-20-17-31(18-21-45)43(2)3/h5-16,24,31,35-36,42,49H,1,17-23,25-26H2,2-4H3,(H,41,52)/t35-,36+/m0/s1. The zero-order valence-electron chi connectivity index (χ0n) is 30.2. The maximum Gasteiger partial charge on any atom is 0.321 e. The number of phenols is 1. The van der Waals surface area contributed by atoms with Crippen molar-refractivity contribution in [1.82, 2.24) is 34.6 Å². The summed E-state index contributed by atoms with van der Waals surface area (Å²) in [7, 11) is 6.20. The van der Waals surface area contributed by atoms with Crippen molar-refractivity contribution in [2.45, 2.75) is 44.1 Å². The van der Waals surface area contributed by atoms with Crippen molar-refractivity contribution in [1.29, 1.82) is 0 Å². The topological polar surface area (TPSA) is 117 Å². The number of piperidine rings is 1. The summed E-state index contributed by atoms with van der Waals surface area (Å²) in [4.78, 5) is 48.4. The molecule has 12 nitrogen and oxygen atoms in total. The highest BCUT2D eigenvalue weighted by Crippen LogP contribution is 2.34. The van der Waals surface area contributed by atoms with Gasteiger partial charge in [0.15, 0.2) is 0 Å². The molecule has 0 radical (unpaired) electrons. The first-order valence-corrected chi connectivity index (χ1v) is 18.0. The normalized spacial score (nSPS) is 20.1. The van der Waals surface area contributed by atoms with Gasteiger partial charge in [-0.15, -0.1) is 6.58 Å². The Morgan fingerprint density at radius 1 is 1.04 bits per heavy atom. The quantitative estimate of drug-likeness (QED) is 0.224. The lowest BCUT2D eigenvalue weighted by atomic mass is 9.98. The van der Waals surface area contributed by atoms with Gasteiger partial charge in [0.05, 0.1) is 18.6 Å². The van der Waals surface area contributed by atoms with Crippen molar-refractivity contribution in [2.24, 2.45) is 7.05 Å². The SMILES string of the molecule is C=CCN1CC(=O)N2[C@H](CN(Cc3cccc4c(-c5ccc(NC(=O)N6CCC(N(C)C)CC6)cc5)cn(C)c34)C(=O)[C@@H]2Cc2ccc(O)cc2)N1. The monoisotopic (exact) mass is 704 g/mol. The first kappa shape index (κ1) is 35.2. The predicted octanol–water partition coefficient (Wildman–Crippen LogP) is 4.22. The molecule has 7 rings (SSSR count). The number of anilines is 1. The van der Waals surface area contributed by atoms with Gasteiger partial charge in [-0.1, -0.05) is 48.5 Å². The second kappa shape index (κ2) is 14.8. The fraction of sp³-hybridized carbons (Fsp3) is 0.375. The Morgan fingerprint density at radius 3 is 2.46 bits per heavy atom. The van der Waals surface area contributed by atoms with Crippen LogP contribution < -0.4 is 10.7 Å². The minimum absolute atomic E-state index is 0.0679. The molecule has 0 bridgehead atoms. The molecule has 0 aliphatic carbocycles. The molecule has 0 saturated carbocycles. The van der Waals surface area contributed by atoms with Crippen LogP contribution in [0, 0.1) is 0 Å². The summed E-state index contributed by atoms with van der Waals surface area (Å²) < 4.78 is 2.11. The van der Waals surface area contributed by atoms with Crippen molar-refractivity contribution in [3.63, 3.8) is 0 Å². The maximum absolute atomic E-state index is 14.3. The highest BCUT2D eigenvalue weighted by molar-refractivity contribution is 5.98. The van der Waals surface area contributed by atoms with Crippen LogP contribution in [0.5, 0.6) is 5.75 Å². The third kappa shape index (κ3) is 7.14. The number of fused-ring (bicyclic) bond motifs is 2. The van der Waals surface area contributed by atoms with E-state index < -0.39 is 12.2 Å². The number of likely N-dealkylation sites (tertiary alicyclic amines) is 1. The second-order valence-electron chi connectivity index (χ2n) is 14.4. The van der Waals surface area contributed by atoms with E-state index in [-0.39, 0.29) is 30.1 Å². The third-order valence-corrected chi connectivity index (χ3v) is 10.7. The molecule has 272 valence electrons. The summed E-state index contributed by atoms with van der Waals surface area (Å²) in [5, 5.41) is 15.8. The van der Waals surface area contributed by atoms with Crippen molar-refractivity contribution >= 4 is 34.4 Å². The van der Waals surface area contributed by atoms with E-state index in [1.54, 1.807) is 35.2 Å². The van der Waals surface area contributed by atoms with Crippen LogP contribution in [-0.2, 0) is 29.6 Å². The van der Waals surface area contributed by atoms with Crippen LogP contribution in [0.2, 0.25) is 0 Å². The summed E-state index contributed by atoms with van der Waals surface area (Å²) in [6, 6.07) is 20.7. The summed E-state index contributed by atoms with van der Waals surface area (Å²) in [6.45, 7) is 6.68. The number of hydrogen-bond acceptors (Lipinski definition) is 7. The number of aromatic hydroxyl groups is 1. The molecule has 3 aliphatic rings. The first-order valence-electron chi connectivity index (χ1n) is 18.0. The molecule has 4 amide bonds. The van der Waals surface area contributed by atoms with E-state index in [0.717, 1.165) is 64.8 Å². The number of hydrogen-bond donors (Lipinski definition) is 3. The molecule has 0 unspecified atom stereocenters. The number of nitrogens with one attached hydrogen (secondary N) is 2. The Kier molecular flexibility index (Phi) is 10.0. The van der Waals surface area contributed by atoms with Gasteiger partial charge in [0, 0.05) is 68.5 Å². The van der Waals surface area contributed by atoms with E-state index in [0.29, 0.717) is 32.1 Å². The van der Waals surface area contributed by atoms with Gasteiger partial charge in [0.2, 0.25) is 11.8 Å². The van der Waals surface area contributed by atoms with Crippen LogP contribution in [0.25, 0.3) is 22.0 Å². The number of aryl methyl sites for hydroxylation is 1. The third-order valence-electron chi connectivity index (χ3n) is 10.7. The van der Waals surface area contributed by atoms with E-state index >= 15 is 0 Å². The number of rotatable bonds is 9. The molecule has 3 aromatic carbocycles. The molecule has 2 atom stereocenters. The van der Waals surface area contributed by atoms with E-state index in [9.17, 15) is 19.5 Å². The highest BCUT2D eigenvalue weighted by atomic mass is 16.3. The number of para-hydroxylation sites is 1. The second-order valence-corrected chi connectivity index (χ2v) is 14.4. The van der Waals surface area contributed by atoms with Gasteiger partial charge < -0.3 is 34.6 Å². The summed E-state index contributed by atoms with van der Waals surface area (Å²) in [5.41, 5.74) is 9.20. The summed E-state index contributed by atoms with van der Waals surface area (Å²) >= 11 is 0. The van der Waals surface area contributed by atoms with Crippen LogP contribution in [-0.4, -0.2) is 117 Å². The van der Waals surface area contributed by atoms with E-state index in [1.165, 1.54) is 0 Å². The van der Waals surface area contributed by atoms with Gasteiger partial charge in [-0.2, -0.15) is 0 Å². The smallest absolute Gasteiger partial charge is 0.321 e. The molecule has 4 aromatic rings. The molecule has 4 heterocycles. The molecule has 12 heteroatoms. The molecule has 52 heavy (non-hydrogen) atoms. The van der Waals surface area contributed by atoms with Crippen molar-refractivity contribution in [3.8, 4) is 16.9 Å². The average Bonchev–Trinajstić information content (AvgIpc) is 3.48. The van der Waals surface area contributed by atoms with Gasteiger partial charge in [0.25, 0.3) is 0 Å². The van der Waals surface area contributed by atoms with Gasteiger partial charge in [0.1, 0.15) is 18.0 Å². The number of piperazine rings is 1.